The van der Waals surface area contributed by atoms with E-state index < -0.39 is 6.04 Å². The summed E-state index contributed by atoms with van der Waals surface area (Å²) in [4.78, 5) is 25.2. The number of nitrogens with zero attached hydrogens (tertiary/aromatic N) is 1. The van der Waals surface area contributed by atoms with Crippen molar-refractivity contribution in [2.45, 2.75) is 46.1 Å². The number of ether oxygens (including phenoxy) is 1. The normalized spacial score (nSPS) is 22.1. The van der Waals surface area contributed by atoms with Gasteiger partial charge in [0, 0.05) is 13.5 Å². The fourth-order valence-corrected chi connectivity index (χ4v) is 2.86. The second-order valence-corrected chi connectivity index (χ2v) is 6.01. The van der Waals surface area contributed by atoms with Gasteiger partial charge in [-0.3, -0.25) is 4.79 Å². The molecule has 0 spiro atoms. The molecule has 0 bridgehead atoms. The summed E-state index contributed by atoms with van der Waals surface area (Å²) in [7, 11) is 1.36. The number of methoxy groups -OCH3 is 1. The molecule has 5 heteroatoms. The Balaban J connectivity index is 2.55. The van der Waals surface area contributed by atoms with Crippen LogP contribution in [0, 0.1) is 11.8 Å². The van der Waals surface area contributed by atoms with Crippen molar-refractivity contribution in [2.24, 2.45) is 11.8 Å². The molecule has 0 aromatic rings. The summed E-state index contributed by atoms with van der Waals surface area (Å²) in [6, 6.07) is -0.562. The van der Waals surface area contributed by atoms with E-state index in [2.05, 4.69) is 24.1 Å². The summed E-state index contributed by atoms with van der Waals surface area (Å²) in [5.41, 5.74) is 0. The van der Waals surface area contributed by atoms with Crippen LogP contribution in [0.3, 0.4) is 0 Å². The van der Waals surface area contributed by atoms with E-state index in [-0.39, 0.29) is 11.9 Å². The summed E-state index contributed by atoms with van der Waals surface area (Å²) in [5, 5.41) is 2.68. The minimum absolute atomic E-state index is 0.199. The summed E-state index contributed by atoms with van der Waals surface area (Å²) < 4.78 is 4.77. The van der Waals surface area contributed by atoms with Crippen LogP contribution < -0.4 is 5.32 Å². The summed E-state index contributed by atoms with van der Waals surface area (Å²) >= 11 is 0. The van der Waals surface area contributed by atoms with Crippen molar-refractivity contribution < 1.29 is 14.3 Å². The molecule has 20 heavy (non-hydrogen) atoms. The number of hydrogen-bond donors (Lipinski definition) is 1. The molecule has 1 N–H and O–H groups in total. The predicted molar refractivity (Wildman–Crippen MR) is 78.2 cm³/mol. The highest BCUT2D eigenvalue weighted by atomic mass is 16.5. The molecule has 1 saturated heterocycles. The Morgan fingerprint density at radius 2 is 2.00 bits per heavy atom. The Kier molecular flexibility index (Phi) is 6.99. The van der Waals surface area contributed by atoms with Crippen molar-refractivity contribution in [2.75, 3.05) is 26.7 Å². The minimum Gasteiger partial charge on any atom is -0.467 e. The van der Waals surface area contributed by atoms with Gasteiger partial charge < -0.3 is 15.0 Å². The Hall–Kier alpha value is -1.10. The topological polar surface area (TPSA) is 58.6 Å². The average molecular weight is 284 g/mol. The van der Waals surface area contributed by atoms with Crippen LogP contribution >= 0.6 is 0 Å². The van der Waals surface area contributed by atoms with E-state index in [4.69, 9.17) is 4.74 Å². The third-order valence-electron chi connectivity index (χ3n) is 4.11. The Labute approximate surface area is 122 Å². The van der Waals surface area contributed by atoms with Crippen LogP contribution in [0.2, 0.25) is 0 Å². The zero-order valence-corrected chi connectivity index (χ0v) is 13.1. The third-order valence-corrected chi connectivity index (χ3v) is 4.11. The van der Waals surface area contributed by atoms with Crippen LogP contribution in [0.4, 0.5) is 0 Å². The van der Waals surface area contributed by atoms with E-state index in [1.807, 2.05) is 0 Å². The van der Waals surface area contributed by atoms with Gasteiger partial charge in [0.25, 0.3) is 0 Å². The van der Waals surface area contributed by atoms with Gasteiger partial charge in [-0.15, -0.1) is 0 Å². The molecule has 5 nitrogen and oxygen atoms in total. The van der Waals surface area contributed by atoms with E-state index in [0.29, 0.717) is 12.5 Å². The molecule has 0 aromatic carbocycles. The molecule has 1 heterocycles. The predicted octanol–water partition coefficient (Wildman–Crippen LogP) is 1.42. The van der Waals surface area contributed by atoms with Gasteiger partial charge in [0.15, 0.2) is 0 Å². The number of likely N-dealkylation sites (tertiary alicyclic amines) is 1. The molecule has 1 aliphatic rings. The van der Waals surface area contributed by atoms with E-state index in [0.717, 1.165) is 31.8 Å². The zero-order valence-electron chi connectivity index (χ0n) is 13.1. The van der Waals surface area contributed by atoms with Gasteiger partial charge in [0.1, 0.15) is 6.04 Å². The van der Waals surface area contributed by atoms with Gasteiger partial charge in [0.2, 0.25) is 5.91 Å². The number of hydrogen-bond acceptors (Lipinski definition) is 4. The lowest BCUT2D eigenvalue weighted by molar-refractivity contribution is -0.145. The van der Waals surface area contributed by atoms with E-state index in [1.54, 1.807) is 0 Å². The number of carbonyl (C=O) groups is 2. The van der Waals surface area contributed by atoms with Crippen LogP contribution in [-0.4, -0.2) is 49.6 Å². The quantitative estimate of drug-likeness (QED) is 0.776. The third kappa shape index (κ3) is 5.49. The standard InChI is InChI=1S/C15H28N2O3/c1-11(2)13-6-5-8-17(9-7-13)10-14(15(19)20-4)16-12(3)18/h11,13-14H,5-10H2,1-4H3,(H,16,18). The molecular weight excluding hydrogens is 256 g/mol. The van der Waals surface area contributed by atoms with Crippen molar-refractivity contribution in [1.29, 1.82) is 0 Å². The molecule has 2 unspecified atom stereocenters. The van der Waals surface area contributed by atoms with Crippen molar-refractivity contribution in [3.63, 3.8) is 0 Å². The van der Waals surface area contributed by atoms with Crippen molar-refractivity contribution in [3.05, 3.63) is 0 Å². The molecule has 1 aliphatic heterocycles. The molecular formula is C15H28N2O3. The molecule has 0 saturated carbocycles. The number of esters is 1. The molecule has 2 atom stereocenters. The lowest BCUT2D eigenvalue weighted by atomic mass is 9.89. The van der Waals surface area contributed by atoms with Gasteiger partial charge >= 0.3 is 5.97 Å². The van der Waals surface area contributed by atoms with Crippen LogP contribution in [0.5, 0.6) is 0 Å². The maximum absolute atomic E-state index is 11.7. The Morgan fingerprint density at radius 3 is 2.55 bits per heavy atom. The Morgan fingerprint density at radius 1 is 1.30 bits per heavy atom. The number of nitrogens with one attached hydrogen (secondary N) is 1. The lowest BCUT2D eigenvalue weighted by Crippen LogP contribution is -2.48. The van der Waals surface area contributed by atoms with Crippen LogP contribution in [0.1, 0.15) is 40.0 Å². The van der Waals surface area contributed by atoms with Gasteiger partial charge in [0.05, 0.1) is 7.11 Å². The zero-order chi connectivity index (χ0) is 15.1. The monoisotopic (exact) mass is 284 g/mol. The van der Waals surface area contributed by atoms with Gasteiger partial charge in [-0.05, 0) is 44.2 Å². The van der Waals surface area contributed by atoms with Gasteiger partial charge in [-0.25, -0.2) is 4.79 Å². The van der Waals surface area contributed by atoms with Crippen molar-refractivity contribution in [3.8, 4) is 0 Å². The summed E-state index contributed by atoms with van der Waals surface area (Å²) in [6.45, 7) is 8.47. The number of carbonyl (C=O) groups excluding carboxylic acids is 2. The fourth-order valence-electron chi connectivity index (χ4n) is 2.86. The van der Waals surface area contributed by atoms with E-state index >= 15 is 0 Å². The molecule has 1 amide bonds. The second kappa shape index (κ2) is 8.25. The van der Waals surface area contributed by atoms with Gasteiger partial charge in [-0.2, -0.15) is 0 Å². The van der Waals surface area contributed by atoms with Crippen LogP contribution in [0.25, 0.3) is 0 Å². The Bertz CT molecular complexity index is 331. The maximum Gasteiger partial charge on any atom is 0.329 e. The van der Waals surface area contributed by atoms with E-state index in [9.17, 15) is 9.59 Å². The molecule has 0 radical (unpaired) electrons. The van der Waals surface area contributed by atoms with Crippen molar-refractivity contribution >= 4 is 11.9 Å². The minimum atomic E-state index is -0.562. The first kappa shape index (κ1) is 17.0. The highest BCUT2D eigenvalue weighted by molar-refractivity contribution is 5.83. The van der Waals surface area contributed by atoms with Crippen molar-refractivity contribution in [1.82, 2.24) is 10.2 Å². The SMILES string of the molecule is COC(=O)C(CN1CCCC(C(C)C)CC1)NC(C)=O. The summed E-state index contributed by atoms with van der Waals surface area (Å²) in [6.07, 6.45) is 3.56. The van der Waals surface area contributed by atoms with Crippen LogP contribution in [-0.2, 0) is 14.3 Å². The first-order valence-electron chi connectivity index (χ1n) is 7.51. The lowest BCUT2D eigenvalue weighted by Gasteiger charge is -2.25. The molecule has 116 valence electrons. The first-order chi connectivity index (χ1) is 9.43. The highest BCUT2D eigenvalue weighted by Gasteiger charge is 2.25. The summed E-state index contributed by atoms with van der Waals surface area (Å²) in [5.74, 6) is 0.902. The smallest absolute Gasteiger partial charge is 0.329 e. The molecule has 0 aliphatic carbocycles. The fraction of sp³-hybridized carbons (Fsp3) is 0.867. The largest absolute Gasteiger partial charge is 0.467 e. The first-order valence-corrected chi connectivity index (χ1v) is 7.51. The highest BCUT2D eigenvalue weighted by Crippen LogP contribution is 2.24. The maximum atomic E-state index is 11.7. The van der Waals surface area contributed by atoms with Gasteiger partial charge in [-0.1, -0.05) is 13.8 Å². The molecule has 1 rings (SSSR count). The molecule has 1 fully saturated rings. The average Bonchev–Trinajstić information content (AvgIpc) is 2.62. The number of amides is 1. The van der Waals surface area contributed by atoms with Crippen LogP contribution in [0.15, 0.2) is 0 Å². The second-order valence-electron chi connectivity index (χ2n) is 6.01. The number of rotatable bonds is 5. The molecule has 0 aromatic heterocycles. The van der Waals surface area contributed by atoms with E-state index in [1.165, 1.54) is 20.5 Å².